The zero-order valence-electron chi connectivity index (χ0n) is 5.93. The van der Waals surface area contributed by atoms with Gasteiger partial charge in [0.2, 0.25) is 5.78 Å². The quantitative estimate of drug-likeness (QED) is 0.618. The minimum absolute atomic E-state index is 0.0579. The standard InChI is InChI=1S/C8H4FNOS/c9-4-2-1-3-5-6(4)7(11)8(12)10-5/h1-3H,(H,10,11,12). The lowest BCUT2D eigenvalue weighted by atomic mass is 10.1. The average molecular weight is 181 g/mol. The van der Waals surface area contributed by atoms with E-state index in [1.165, 1.54) is 12.1 Å². The van der Waals surface area contributed by atoms with E-state index < -0.39 is 11.6 Å². The van der Waals surface area contributed by atoms with Crippen molar-refractivity contribution in [3.05, 3.63) is 29.6 Å². The van der Waals surface area contributed by atoms with Crippen LogP contribution in [0.3, 0.4) is 0 Å². The molecule has 0 unspecified atom stereocenters. The summed E-state index contributed by atoms with van der Waals surface area (Å²) in [5.41, 5.74) is 0.521. The molecule has 2 rings (SSSR count). The number of carbonyl (C=O) groups is 1. The molecule has 0 aromatic heterocycles. The number of benzene rings is 1. The fourth-order valence-electron chi connectivity index (χ4n) is 1.15. The zero-order valence-corrected chi connectivity index (χ0v) is 6.74. The van der Waals surface area contributed by atoms with Crippen LogP contribution in [0.15, 0.2) is 18.2 Å². The number of nitrogens with one attached hydrogen (secondary N) is 1. The van der Waals surface area contributed by atoms with Crippen molar-refractivity contribution in [2.24, 2.45) is 0 Å². The second-order valence-corrected chi connectivity index (χ2v) is 2.85. The van der Waals surface area contributed by atoms with Crippen molar-refractivity contribution in [2.45, 2.75) is 0 Å². The molecule has 0 aliphatic carbocycles. The van der Waals surface area contributed by atoms with Gasteiger partial charge >= 0.3 is 0 Å². The Labute approximate surface area is 73.4 Å². The highest BCUT2D eigenvalue weighted by Gasteiger charge is 2.27. The molecule has 1 aliphatic heterocycles. The highest BCUT2D eigenvalue weighted by molar-refractivity contribution is 7.82. The number of halogens is 1. The number of fused-ring (bicyclic) bond motifs is 1. The van der Waals surface area contributed by atoms with Crippen LogP contribution in [0.25, 0.3) is 0 Å². The first-order valence-corrected chi connectivity index (χ1v) is 3.75. The molecule has 2 nitrogen and oxygen atoms in total. The maximum absolute atomic E-state index is 13.0. The highest BCUT2D eigenvalue weighted by Crippen LogP contribution is 2.25. The Bertz CT molecular complexity index is 389. The van der Waals surface area contributed by atoms with E-state index in [4.69, 9.17) is 0 Å². The van der Waals surface area contributed by atoms with Gasteiger partial charge in [-0.05, 0) is 12.1 Å². The van der Waals surface area contributed by atoms with Crippen LogP contribution in [0.5, 0.6) is 0 Å². The van der Waals surface area contributed by atoms with Crippen LogP contribution in [0.4, 0.5) is 10.1 Å². The minimum atomic E-state index is -0.523. The van der Waals surface area contributed by atoms with Crippen molar-refractivity contribution in [1.29, 1.82) is 0 Å². The van der Waals surface area contributed by atoms with Gasteiger partial charge in [-0.2, -0.15) is 0 Å². The van der Waals surface area contributed by atoms with E-state index in [-0.39, 0.29) is 10.6 Å². The maximum atomic E-state index is 13.0. The molecule has 12 heavy (non-hydrogen) atoms. The Hall–Kier alpha value is -1.29. The Kier molecular flexibility index (Phi) is 1.44. The predicted molar refractivity (Wildman–Crippen MR) is 47.0 cm³/mol. The molecule has 0 amide bonds. The Morgan fingerprint density at radius 2 is 2.17 bits per heavy atom. The van der Waals surface area contributed by atoms with Crippen molar-refractivity contribution in [3.63, 3.8) is 0 Å². The lowest BCUT2D eigenvalue weighted by molar-refractivity contribution is 0.106. The molecular formula is C8H4FNOS. The summed E-state index contributed by atoms with van der Waals surface area (Å²) in [4.78, 5) is 11.2. The van der Waals surface area contributed by atoms with Crippen LogP contribution >= 0.6 is 12.2 Å². The minimum Gasteiger partial charge on any atom is -0.343 e. The average Bonchev–Trinajstić information content (AvgIpc) is 2.29. The molecule has 0 atom stereocenters. The topological polar surface area (TPSA) is 29.1 Å². The summed E-state index contributed by atoms with van der Waals surface area (Å²) < 4.78 is 13.0. The van der Waals surface area contributed by atoms with E-state index in [0.29, 0.717) is 5.69 Å². The number of carbonyl (C=O) groups excluding carboxylic acids is 1. The van der Waals surface area contributed by atoms with Crippen molar-refractivity contribution in [3.8, 4) is 0 Å². The van der Waals surface area contributed by atoms with Crippen LogP contribution in [0, 0.1) is 5.82 Å². The molecule has 0 saturated heterocycles. The number of thiocarbonyl (C=S) groups is 1. The van der Waals surface area contributed by atoms with Gasteiger partial charge in [0, 0.05) is 0 Å². The number of anilines is 1. The van der Waals surface area contributed by atoms with Crippen LogP contribution in [-0.4, -0.2) is 10.8 Å². The van der Waals surface area contributed by atoms with Gasteiger partial charge < -0.3 is 5.32 Å². The van der Waals surface area contributed by atoms with Gasteiger partial charge in [0.05, 0.1) is 11.3 Å². The van der Waals surface area contributed by atoms with Crippen molar-refractivity contribution in [2.75, 3.05) is 5.32 Å². The van der Waals surface area contributed by atoms with Gasteiger partial charge in [-0.15, -0.1) is 0 Å². The molecule has 1 aromatic rings. The molecule has 1 aliphatic rings. The third kappa shape index (κ3) is 0.848. The lowest BCUT2D eigenvalue weighted by Crippen LogP contribution is -2.10. The number of ketones is 1. The zero-order chi connectivity index (χ0) is 8.72. The molecule has 0 radical (unpaired) electrons. The lowest BCUT2D eigenvalue weighted by Gasteiger charge is -1.95. The molecule has 4 heteroatoms. The first-order valence-electron chi connectivity index (χ1n) is 3.34. The molecule has 1 N–H and O–H groups in total. The molecule has 1 aromatic carbocycles. The first kappa shape index (κ1) is 7.36. The van der Waals surface area contributed by atoms with E-state index in [0.717, 1.165) is 0 Å². The van der Waals surface area contributed by atoms with E-state index >= 15 is 0 Å². The van der Waals surface area contributed by atoms with Gasteiger partial charge in [-0.1, -0.05) is 18.3 Å². The van der Waals surface area contributed by atoms with Crippen molar-refractivity contribution in [1.82, 2.24) is 0 Å². The van der Waals surface area contributed by atoms with Crippen molar-refractivity contribution < 1.29 is 9.18 Å². The Balaban J connectivity index is 2.70. The van der Waals surface area contributed by atoms with E-state index in [1.807, 2.05) is 0 Å². The molecule has 0 fully saturated rings. The van der Waals surface area contributed by atoms with Gasteiger partial charge in [0.25, 0.3) is 0 Å². The summed E-state index contributed by atoms with van der Waals surface area (Å²) in [7, 11) is 0. The third-order valence-corrected chi connectivity index (χ3v) is 1.98. The van der Waals surface area contributed by atoms with Crippen LogP contribution in [0.1, 0.15) is 10.4 Å². The van der Waals surface area contributed by atoms with Crippen LogP contribution in [-0.2, 0) is 0 Å². The van der Waals surface area contributed by atoms with Gasteiger partial charge in [-0.3, -0.25) is 4.79 Å². The summed E-state index contributed by atoms with van der Waals surface area (Å²) in [5, 5.41) is 2.63. The normalized spacial score (nSPS) is 14.4. The summed E-state index contributed by atoms with van der Waals surface area (Å²) in [6.07, 6.45) is 0. The Morgan fingerprint density at radius 1 is 1.42 bits per heavy atom. The van der Waals surface area contributed by atoms with E-state index in [2.05, 4.69) is 17.5 Å². The smallest absolute Gasteiger partial charge is 0.225 e. The largest absolute Gasteiger partial charge is 0.343 e. The summed E-state index contributed by atoms with van der Waals surface area (Å²) in [6.45, 7) is 0. The number of hydrogen-bond donors (Lipinski definition) is 1. The second-order valence-electron chi connectivity index (χ2n) is 2.45. The van der Waals surface area contributed by atoms with Gasteiger partial charge in [0.15, 0.2) is 4.99 Å². The van der Waals surface area contributed by atoms with Crippen LogP contribution < -0.4 is 5.32 Å². The fraction of sp³-hybridized carbons (Fsp3) is 0. The molecule has 0 saturated carbocycles. The monoisotopic (exact) mass is 181 g/mol. The second kappa shape index (κ2) is 2.35. The highest BCUT2D eigenvalue weighted by atomic mass is 32.1. The summed E-state index contributed by atoms with van der Waals surface area (Å²) in [6, 6.07) is 4.39. The summed E-state index contributed by atoms with van der Waals surface area (Å²) in [5.74, 6) is -0.956. The van der Waals surface area contributed by atoms with Gasteiger partial charge in [0.1, 0.15) is 5.82 Å². The molecule has 1 heterocycles. The molecule has 60 valence electrons. The molecule has 0 bridgehead atoms. The summed E-state index contributed by atoms with van der Waals surface area (Å²) >= 11 is 4.68. The van der Waals surface area contributed by atoms with Crippen LogP contribution in [0.2, 0.25) is 0 Å². The van der Waals surface area contributed by atoms with E-state index in [1.54, 1.807) is 6.07 Å². The first-order chi connectivity index (χ1) is 5.70. The molecular weight excluding hydrogens is 177 g/mol. The Morgan fingerprint density at radius 3 is 2.83 bits per heavy atom. The fourth-order valence-corrected chi connectivity index (χ4v) is 1.36. The maximum Gasteiger partial charge on any atom is 0.225 e. The SMILES string of the molecule is O=C1C(=S)Nc2cccc(F)c21. The predicted octanol–water partition coefficient (Wildman–Crippen LogP) is 1.76. The third-order valence-electron chi connectivity index (χ3n) is 1.70. The van der Waals surface area contributed by atoms with E-state index in [9.17, 15) is 9.18 Å². The number of rotatable bonds is 0. The molecule has 0 spiro atoms. The van der Waals surface area contributed by atoms with Gasteiger partial charge in [-0.25, -0.2) is 4.39 Å². The van der Waals surface area contributed by atoms with Crippen molar-refractivity contribution >= 4 is 28.7 Å². The number of Topliss-reactive ketones (excluding diaryl/α,β-unsaturated/α-hetero) is 1. The number of hydrogen-bond acceptors (Lipinski definition) is 2.